The van der Waals surface area contributed by atoms with Crippen LogP contribution in [0.25, 0.3) is 0 Å². The molecule has 0 aliphatic carbocycles. The molecule has 0 aliphatic rings. The number of ether oxygens (including phenoxy) is 1. The van der Waals surface area contributed by atoms with Gasteiger partial charge in [0.05, 0.1) is 18.8 Å². The lowest BCUT2D eigenvalue weighted by molar-refractivity contribution is 0.123. The van der Waals surface area contributed by atoms with Crippen molar-refractivity contribution in [3.63, 3.8) is 0 Å². The number of nitrogens with zero attached hydrogens (tertiary/aromatic N) is 2. The fourth-order valence-electron chi connectivity index (χ4n) is 1.75. The Bertz CT molecular complexity index is 578. The van der Waals surface area contributed by atoms with Gasteiger partial charge in [-0.1, -0.05) is 30.3 Å². The van der Waals surface area contributed by atoms with E-state index in [4.69, 9.17) is 10.00 Å². The highest BCUT2D eigenvalue weighted by Gasteiger charge is 2.06. The first-order valence-corrected chi connectivity index (χ1v) is 6.74. The van der Waals surface area contributed by atoms with Crippen molar-refractivity contribution in [2.75, 3.05) is 6.61 Å². The molecule has 96 valence electrons. The van der Waals surface area contributed by atoms with Crippen LogP contribution in [0.1, 0.15) is 16.7 Å². The van der Waals surface area contributed by atoms with Gasteiger partial charge in [0, 0.05) is 16.9 Å². The molecule has 1 aromatic carbocycles. The molecule has 0 bridgehead atoms. The standard InChI is InChI=1S/C15H13BrN2O/c16-15-10-18-9-13(8-17)14(15)6-7-19-11-12-4-2-1-3-5-12/h1-5,9-10H,6-7,11H2. The molecular weight excluding hydrogens is 304 g/mol. The third kappa shape index (κ3) is 3.88. The van der Waals surface area contributed by atoms with E-state index in [-0.39, 0.29) is 0 Å². The van der Waals surface area contributed by atoms with Crippen molar-refractivity contribution in [1.82, 2.24) is 4.98 Å². The Morgan fingerprint density at radius 2 is 2.00 bits per heavy atom. The van der Waals surface area contributed by atoms with Gasteiger partial charge in [-0.2, -0.15) is 5.26 Å². The molecule has 0 radical (unpaired) electrons. The third-order valence-electron chi connectivity index (χ3n) is 2.73. The van der Waals surface area contributed by atoms with E-state index >= 15 is 0 Å². The highest BCUT2D eigenvalue weighted by atomic mass is 79.9. The first-order valence-electron chi connectivity index (χ1n) is 5.95. The van der Waals surface area contributed by atoms with Crippen LogP contribution in [0.4, 0.5) is 0 Å². The van der Waals surface area contributed by atoms with Crippen molar-refractivity contribution < 1.29 is 4.74 Å². The van der Waals surface area contributed by atoms with Gasteiger partial charge in [-0.3, -0.25) is 4.98 Å². The summed E-state index contributed by atoms with van der Waals surface area (Å²) in [5.41, 5.74) is 2.69. The van der Waals surface area contributed by atoms with Crippen LogP contribution in [0.2, 0.25) is 0 Å². The molecule has 2 rings (SSSR count). The zero-order chi connectivity index (χ0) is 13.5. The molecule has 3 nitrogen and oxygen atoms in total. The number of nitriles is 1. The minimum Gasteiger partial charge on any atom is -0.376 e. The summed E-state index contributed by atoms with van der Waals surface area (Å²) < 4.78 is 6.48. The lowest BCUT2D eigenvalue weighted by Crippen LogP contribution is -2.02. The van der Waals surface area contributed by atoms with E-state index in [9.17, 15) is 0 Å². The van der Waals surface area contributed by atoms with E-state index < -0.39 is 0 Å². The topological polar surface area (TPSA) is 45.9 Å². The summed E-state index contributed by atoms with van der Waals surface area (Å²) in [5.74, 6) is 0. The Hall–Kier alpha value is -1.70. The Morgan fingerprint density at radius 1 is 1.21 bits per heavy atom. The highest BCUT2D eigenvalue weighted by Crippen LogP contribution is 2.19. The second kappa shape index (κ2) is 7.03. The van der Waals surface area contributed by atoms with E-state index in [2.05, 4.69) is 27.0 Å². The van der Waals surface area contributed by atoms with E-state index in [0.29, 0.717) is 25.2 Å². The van der Waals surface area contributed by atoms with E-state index in [1.807, 2.05) is 30.3 Å². The SMILES string of the molecule is N#Cc1cncc(Br)c1CCOCc1ccccc1. The average molecular weight is 317 g/mol. The van der Waals surface area contributed by atoms with Crippen LogP contribution in [-0.4, -0.2) is 11.6 Å². The Labute approximate surface area is 121 Å². The lowest BCUT2D eigenvalue weighted by Gasteiger charge is -2.07. The molecule has 0 N–H and O–H groups in total. The van der Waals surface area contributed by atoms with Crippen LogP contribution in [0.3, 0.4) is 0 Å². The number of benzene rings is 1. The van der Waals surface area contributed by atoms with Crippen LogP contribution in [-0.2, 0) is 17.8 Å². The largest absolute Gasteiger partial charge is 0.376 e. The molecule has 1 heterocycles. The summed E-state index contributed by atoms with van der Waals surface area (Å²) >= 11 is 3.42. The second-order valence-electron chi connectivity index (χ2n) is 4.05. The van der Waals surface area contributed by atoms with E-state index in [0.717, 1.165) is 15.6 Å². The molecule has 0 saturated carbocycles. The fraction of sp³-hybridized carbons (Fsp3) is 0.200. The quantitative estimate of drug-likeness (QED) is 0.793. The molecule has 1 aromatic heterocycles. The summed E-state index contributed by atoms with van der Waals surface area (Å²) in [7, 11) is 0. The zero-order valence-corrected chi connectivity index (χ0v) is 11.9. The Kier molecular flexibility index (Phi) is 5.08. The van der Waals surface area contributed by atoms with Crippen molar-refractivity contribution in [2.45, 2.75) is 13.0 Å². The smallest absolute Gasteiger partial charge is 0.101 e. The molecule has 0 aliphatic heterocycles. The number of pyridine rings is 1. The highest BCUT2D eigenvalue weighted by molar-refractivity contribution is 9.10. The third-order valence-corrected chi connectivity index (χ3v) is 3.42. The summed E-state index contributed by atoms with van der Waals surface area (Å²) in [4.78, 5) is 3.98. The molecule has 0 unspecified atom stereocenters. The van der Waals surface area contributed by atoms with E-state index in [1.54, 1.807) is 12.4 Å². The predicted molar refractivity (Wildman–Crippen MR) is 76.5 cm³/mol. The number of hydrogen-bond acceptors (Lipinski definition) is 3. The van der Waals surface area contributed by atoms with Crippen molar-refractivity contribution in [3.8, 4) is 6.07 Å². The molecule has 0 spiro atoms. The normalized spacial score (nSPS) is 10.1. The van der Waals surface area contributed by atoms with Gasteiger partial charge in [-0.05, 0) is 33.5 Å². The molecule has 0 fully saturated rings. The molecular formula is C15H13BrN2O. The molecule has 0 saturated heterocycles. The molecule has 4 heteroatoms. The maximum Gasteiger partial charge on any atom is 0.101 e. The van der Waals surface area contributed by atoms with Crippen molar-refractivity contribution in [1.29, 1.82) is 5.26 Å². The van der Waals surface area contributed by atoms with Gasteiger partial charge in [0.25, 0.3) is 0 Å². The molecule has 2 aromatic rings. The summed E-state index contributed by atoms with van der Waals surface area (Å²) in [6, 6.07) is 12.2. The van der Waals surface area contributed by atoms with Crippen molar-refractivity contribution in [2.24, 2.45) is 0 Å². The van der Waals surface area contributed by atoms with Gasteiger partial charge >= 0.3 is 0 Å². The minimum atomic E-state index is 0.576. The Balaban J connectivity index is 1.88. The molecule has 19 heavy (non-hydrogen) atoms. The first-order chi connectivity index (χ1) is 9.31. The fourth-order valence-corrected chi connectivity index (χ4v) is 2.28. The predicted octanol–water partition coefficient (Wildman–Crippen LogP) is 3.48. The lowest BCUT2D eigenvalue weighted by atomic mass is 10.1. The van der Waals surface area contributed by atoms with Crippen LogP contribution < -0.4 is 0 Å². The average Bonchev–Trinajstić information content (AvgIpc) is 2.46. The van der Waals surface area contributed by atoms with Crippen LogP contribution >= 0.6 is 15.9 Å². The maximum absolute atomic E-state index is 9.03. The van der Waals surface area contributed by atoms with Crippen molar-refractivity contribution >= 4 is 15.9 Å². The Morgan fingerprint density at radius 3 is 2.74 bits per heavy atom. The van der Waals surface area contributed by atoms with Gasteiger partial charge in [-0.15, -0.1) is 0 Å². The number of aromatic nitrogens is 1. The molecule has 0 amide bonds. The summed E-state index contributed by atoms with van der Waals surface area (Å²) in [5, 5.41) is 9.03. The summed E-state index contributed by atoms with van der Waals surface area (Å²) in [6.07, 6.45) is 3.98. The second-order valence-corrected chi connectivity index (χ2v) is 4.90. The van der Waals surface area contributed by atoms with Gasteiger partial charge in [0.15, 0.2) is 0 Å². The van der Waals surface area contributed by atoms with Crippen LogP contribution in [0.15, 0.2) is 47.2 Å². The van der Waals surface area contributed by atoms with Gasteiger partial charge < -0.3 is 4.74 Å². The monoisotopic (exact) mass is 316 g/mol. The van der Waals surface area contributed by atoms with Crippen LogP contribution in [0, 0.1) is 11.3 Å². The number of rotatable bonds is 5. The van der Waals surface area contributed by atoms with E-state index in [1.165, 1.54) is 0 Å². The van der Waals surface area contributed by atoms with Gasteiger partial charge in [0.1, 0.15) is 6.07 Å². The number of hydrogen-bond donors (Lipinski definition) is 0. The number of halogens is 1. The summed E-state index contributed by atoms with van der Waals surface area (Å²) in [6.45, 7) is 1.16. The minimum absolute atomic E-state index is 0.576. The van der Waals surface area contributed by atoms with Crippen molar-refractivity contribution in [3.05, 3.63) is 63.9 Å². The van der Waals surface area contributed by atoms with Gasteiger partial charge in [0.2, 0.25) is 0 Å². The van der Waals surface area contributed by atoms with Crippen LogP contribution in [0.5, 0.6) is 0 Å². The first kappa shape index (κ1) is 13.7. The van der Waals surface area contributed by atoms with Gasteiger partial charge in [-0.25, -0.2) is 0 Å². The maximum atomic E-state index is 9.03. The zero-order valence-electron chi connectivity index (χ0n) is 10.3. The molecule has 0 atom stereocenters.